The number of hydrogen-bond donors (Lipinski definition) is 1. The zero-order chi connectivity index (χ0) is 11.7. The number of piperidine rings is 1. The van der Waals surface area contributed by atoms with Gasteiger partial charge in [0.1, 0.15) is 0 Å². The molecular formula is C13H20N2OS. The molecule has 3 rings (SSSR count). The Labute approximate surface area is 106 Å². The molecule has 1 saturated carbocycles. The maximum atomic E-state index is 9.22. The van der Waals surface area contributed by atoms with E-state index in [1.165, 1.54) is 42.1 Å². The van der Waals surface area contributed by atoms with E-state index in [9.17, 15) is 5.11 Å². The second-order valence-electron chi connectivity index (χ2n) is 5.37. The number of aliphatic hydroxyl groups is 1. The van der Waals surface area contributed by atoms with Crippen LogP contribution in [0.15, 0.2) is 6.20 Å². The van der Waals surface area contributed by atoms with Gasteiger partial charge in [0.2, 0.25) is 0 Å². The fraction of sp³-hybridized carbons (Fsp3) is 0.769. The number of aliphatic hydroxyl groups excluding tert-OH is 1. The summed E-state index contributed by atoms with van der Waals surface area (Å²) in [5.41, 5.74) is 0. The van der Waals surface area contributed by atoms with Crippen LogP contribution in [0.5, 0.6) is 0 Å². The normalized spacial score (nSPS) is 26.3. The summed E-state index contributed by atoms with van der Waals surface area (Å²) in [5.74, 6) is 1.26. The fourth-order valence-electron chi connectivity index (χ4n) is 2.58. The van der Waals surface area contributed by atoms with E-state index in [4.69, 9.17) is 0 Å². The average molecular weight is 252 g/mol. The third-order valence-electron chi connectivity index (χ3n) is 3.74. The quantitative estimate of drug-likeness (QED) is 0.892. The van der Waals surface area contributed by atoms with Gasteiger partial charge in [-0.25, -0.2) is 4.98 Å². The zero-order valence-electron chi connectivity index (χ0n) is 10.1. The first-order chi connectivity index (χ1) is 8.35. The van der Waals surface area contributed by atoms with Gasteiger partial charge < -0.3 is 5.11 Å². The maximum absolute atomic E-state index is 9.22. The van der Waals surface area contributed by atoms with Crippen LogP contribution < -0.4 is 0 Å². The molecule has 2 heterocycles. The van der Waals surface area contributed by atoms with Gasteiger partial charge in [0, 0.05) is 36.7 Å². The molecule has 2 fully saturated rings. The lowest BCUT2D eigenvalue weighted by Gasteiger charge is -2.31. The minimum atomic E-state index is 0.340. The van der Waals surface area contributed by atoms with Crippen LogP contribution in [0.4, 0.5) is 0 Å². The van der Waals surface area contributed by atoms with Crippen molar-refractivity contribution in [3.8, 4) is 0 Å². The van der Waals surface area contributed by atoms with E-state index in [1.807, 2.05) is 11.3 Å². The minimum absolute atomic E-state index is 0.340. The molecule has 0 bridgehead atoms. The predicted octanol–water partition coefficient (Wildman–Crippen LogP) is 2.22. The summed E-state index contributed by atoms with van der Waals surface area (Å²) in [6, 6.07) is 0. The fourth-order valence-corrected chi connectivity index (χ4v) is 3.71. The Morgan fingerprint density at radius 3 is 3.06 bits per heavy atom. The monoisotopic (exact) mass is 252 g/mol. The van der Waals surface area contributed by atoms with E-state index < -0.39 is 0 Å². The van der Waals surface area contributed by atoms with Crippen LogP contribution in [0.25, 0.3) is 0 Å². The van der Waals surface area contributed by atoms with E-state index >= 15 is 0 Å². The van der Waals surface area contributed by atoms with Crippen LogP contribution in [0.3, 0.4) is 0 Å². The van der Waals surface area contributed by atoms with Gasteiger partial charge >= 0.3 is 0 Å². The third-order valence-corrected chi connectivity index (χ3v) is 4.88. The summed E-state index contributed by atoms with van der Waals surface area (Å²) in [7, 11) is 0. The maximum Gasteiger partial charge on any atom is 0.0959 e. The minimum Gasteiger partial charge on any atom is -0.396 e. The Morgan fingerprint density at radius 1 is 1.41 bits per heavy atom. The Balaban J connectivity index is 1.57. The van der Waals surface area contributed by atoms with Gasteiger partial charge in [-0.05, 0) is 38.1 Å². The molecule has 1 aromatic rings. The van der Waals surface area contributed by atoms with Crippen LogP contribution in [-0.2, 0) is 6.54 Å². The lowest BCUT2D eigenvalue weighted by molar-refractivity contribution is 0.116. The topological polar surface area (TPSA) is 36.4 Å². The Morgan fingerprint density at radius 2 is 2.29 bits per heavy atom. The highest BCUT2D eigenvalue weighted by atomic mass is 32.1. The third kappa shape index (κ3) is 2.87. The summed E-state index contributed by atoms with van der Waals surface area (Å²) in [6.45, 7) is 3.59. The second-order valence-corrected chi connectivity index (χ2v) is 6.51. The first-order valence-electron chi connectivity index (χ1n) is 6.63. The van der Waals surface area contributed by atoms with Crippen molar-refractivity contribution in [3.63, 3.8) is 0 Å². The first-order valence-corrected chi connectivity index (χ1v) is 7.44. The molecule has 1 unspecified atom stereocenters. The molecule has 1 atom stereocenters. The van der Waals surface area contributed by atoms with E-state index in [-0.39, 0.29) is 0 Å². The van der Waals surface area contributed by atoms with Crippen LogP contribution >= 0.6 is 11.3 Å². The summed E-state index contributed by atoms with van der Waals surface area (Å²) in [4.78, 5) is 8.39. The van der Waals surface area contributed by atoms with Crippen molar-refractivity contribution in [3.05, 3.63) is 16.1 Å². The number of aromatic nitrogens is 1. The Bertz CT molecular complexity index is 375. The van der Waals surface area contributed by atoms with Gasteiger partial charge in [0.25, 0.3) is 0 Å². The van der Waals surface area contributed by atoms with Gasteiger partial charge in [0.15, 0.2) is 0 Å². The number of thiazole rings is 1. The molecule has 4 heteroatoms. The predicted molar refractivity (Wildman–Crippen MR) is 69.2 cm³/mol. The summed E-state index contributed by atoms with van der Waals surface area (Å²) < 4.78 is 0. The highest BCUT2D eigenvalue weighted by molar-refractivity contribution is 7.11. The number of likely N-dealkylation sites (tertiary alicyclic amines) is 1. The highest BCUT2D eigenvalue weighted by Crippen LogP contribution is 2.41. The molecule has 0 amide bonds. The van der Waals surface area contributed by atoms with Gasteiger partial charge in [-0.15, -0.1) is 11.3 Å². The largest absolute Gasteiger partial charge is 0.396 e. The molecule has 0 spiro atoms. The molecule has 1 aliphatic carbocycles. The molecule has 3 nitrogen and oxygen atoms in total. The van der Waals surface area contributed by atoms with Crippen molar-refractivity contribution >= 4 is 11.3 Å². The Kier molecular flexibility index (Phi) is 3.45. The van der Waals surface area contributed by atoms with Gasteiger partial charge in [-0.2, -0.15) is 0 Å². The van der Waals surface area contributed by atoms with E-state index in [2.05, 4.69) is 16.1 Å². The van der Waals surface area contributed by atoms with Gasteiger partial charge in [-0.3, -0.25) is 4.90 Å². The molecule has 2 aliphatic rings. The smallest absolute Gasteiger partial charge is 0.0959 e. The number of rotatable bonds is 4. The second kappa shape index (κ2) is 5.04. The van der Waals surface area contributed by atoms with Crippen molar-refractivity contribution in [1.29, 1.82) is 0 Å². The van der Waals surface area contributed by atoms with Crippen molar-refractivity contribution in [1.82, 2.24) is 9.88 Å². The van der Waals surface area contributed by atoms with Gasteiger partial charge in [-0.1, -0.05) is 0 Å². The molecular weight excluding hydrogens is 232 g/mol. The van der Waals surface area contributed by atoms with Gasteiger partial charge in [0.05, 0.1) is 5.01 Å². The molecule has 0 radical (unpaired) electrons. The molecule has 1 aromatic heterocycles. The zero-order valence-corrected chi connectivity index (χ0v) is 11.0. The van der Waals surface area contributed by atoms with Crippen LogP contribution in [0.2, 0.25) is 0 Å². The molecule has 1 saturated heterocycles. The first kappa shape index (κ1) is 11.6. The summed E-state index contributed by atoms with van der Waals surface area (Å²) in [5, 5.41) is 10.6. The average Bonchev–Trinajstić information content (AvgIpc) is 3.11. The summed E-state index contributed by atoms with van der Waals surface area (Å²) in [6.07, 6.45) is 7.13. The van der Waals surface area contributed by atoms with E-state index in [0.29, 0.717) is 12.5 Å². The lowest BCUT2D eigenvalue weighted by Crippen LogP contribution is -2.36. The Hall–Kier alpha value is -0.450. The van der Waals surface area contributed by atoms with Crippen molar-refractivity contribution in [2.45, 2.75) is 38.1 Å². The summed E-state index contributed by atoms with van der Waals surface area (Å²) >= 11 is 1.89. The SMILES string of the molecule is OCC1CCCN(Cc2cnc(C3CC3)s2)C1. The molecule has 0 aromatic carbocycles. The highest BCUT2D eigenvalue weighted by Gasteiger charge is 2.27. The standard InChI is InChI=1S/C13H20N2OS/c16-9-10-2-1-5-15(7-10)8-12-6-14-13(17-12)11-3-4-11/h6,10-11,16H,1-5,7-9H2. The number of nitrogens with zero attached hydrogens (tertiary/aromatic N) is 2. The van der Waals surface area contributed by atoms with Crippen molar-refractivity contribution in [2.75, 3.05) is 19.7 Å². The lowest BCUT2D eigenvalue weighted by atomic mass is 9.99. The van der Waals surface area contributed by atoms with Crippen LogP contribution in [0.1, 0.15) is 41.5 Å². The number of hydrogen-bond acceptors (Lipinski definition) is 4. The van der Waals surface area contributed by atoms with E-state index in [1.54, 1.807) is 0 Å². The van der Waals surface area contributed by atoms with Crippen molar-refractivity contribution in [2.24, 2.45) is 5.92 Å². The molecule has 94 valence electrons. The molecule has 1 N–H and O–H groups in total. The molecule has 17 heavy (non-hydrogen) atoms. The molecule has 1 aliphatic heterocycles. The van der Waals surface area contributed by atoms with Crippen molar-refractivity contribution < 1.29 is 5.11 Å². The van der Waals surface area contributed by atoms with Crippen LogP contribution in [-0.4, -0.2) is 34.7 Å². The van der Waals surface area contributed by atoms with E-state index in [0.717, 1.165) is 19.0 Å². The van der Waals surface area contributed by atoms with Crippen LogP contribution in [0, 0.1) is 5.92 Å².